The molecule has 0 bridgehead atoms. The summed E-state index contributed by atoms with van der Waals surface area (Å²) in [5, 5.41) is 2.55. The number of furan rings is 1. The third-order valence-electron chi connectivity index (χ3n) is 3.86. The maximum Gasteiger partial charge on any atom is 0.311 e. The number of rotatable bonds is 7. The van der Waals surface area contributed by atoms with Crippen LogP contribution in [0.2, 0.25) is 5.02 Å². The number of amides is 1. The first kappa shape index (κ1) is 19.2. The Kier molecular flexibility index (Phi) is 6.32. The summed E-state index contributed by atoms with van der Waals surface area (Å²) in [5.74, 6) is 0.631. The molecule has 1 amide bonds. The zero-order valence-corrected chi connectivity index (χ0v) is 16.3. The minimum Gasteiger partial charge on any atom is -0.459 e. The second kappa shape index (κ2) is 8.88. The van der Waals surface area contributed by atoms with Gasteiger partial charge in [-0.1, -0.05) is 17.7 Å². The molecule has 0 aliphatic carbocycles. The van der Waals surface area contributed by atoms with E-state index in [9.17, 15) is 9.59 Å². The first-order valence-electron chi connectivity index (χ1n) is 8.28. The summed E-state index contributed by atoms with van der Waals surface area (Å²) in [6, 6.07) is 14.7. The molecule has 3 aromatic rings. The lowest BCUT2D eigenvalue weighted by molar-refractivity contribution is -0.151. The lowest BCUT2D eigenvalue weighted by Gasteiger charge is -2.15. The van der Waals surface area contributed by atoms with Crippen molar-refractivity contribution < 1.29 is 18.7 Å². The molecule has 0 saturated heterocycles. The van der Waals surface area contributed by atoms with E-state index in [0.29, 0.717) is 16.5 Å². The number of halogens is 1. The predicted molar refractivity (Wildman–Crippen MR) is 105 cm³/mol. The fourth-order valence-corrected chi connectivity index (χ4v) is 3.23. The van der Waals surface area contributed by atoms with Crippen molar-refractivity contribution in [1.82, 2.24) is 4.90 Å². The van der Waals surface area contributed by atoms with E-state index in [1.54, 1.807) is 19.2 Å². The number of hydrogen-bond donors (Lipinski definition) is 0. The number of benzene rings is 1. The zero-order chi connectivity index (χ0) is 19.2. The Labute approximate surface area is 166 Å². The highest BCUT2D eigenvalue weighted by atomic mass is 35.5. The van der Waals surface area contributed by atoms with Crippen LogP contribution in [-0.4, -0.2) is 30.4 Å². The van der Waals surface area contributed by atoms with Crippen LogP contribution < -0.4 is 0 Å². The molecule has 7 heteroatoms. The normalized spacial score (nSPS) is 10.6. The van der Waals surface area contributed by atoms with E-state index in [4.69, 9.17) is 20.8 Å². The van der Waals surface area contributed by atoms with Gasteiger partial charge in [-0.2, -0.15) is 0 Å². The molecule has 1 aromatic carbocycles. The number of esters is 1. The fourth-order valence-electron chi connectivity index (χ4n) is 2.41. The van der Waals surface area contributed by atoms with Gasteiger partial charge < -0.3 is 14.1 Å². The Morgan fingerprint density at radius 3 is 2.63 bits per heavy atom. The first-order valence-corrected chi connectivity index (χ1v) is 9.53. The molecule has 0 N–H and O–H groups in total. The molecule has 0 spiro atoms. The van der Waals surface area contributed by atoms with Gasteiger partial charge >= 0.3 is 5.97 Å². The van der Waals surface area contributed by atoms with Crippen molar-refractivity contribution in [2.24, 2.45) is 0 Å². The van der Waals surface area contributed by atoms with Crippen LogP contribution in [0.3, 0.4) is 0 Å². The first-order chi connectivity index (χ1) is 13.0. The molecular formula is C20H18ClNO4S. The summed E-state index contributed by atoms with van der Waals surface area (Å²) in [6.07, 6.45) is 0.178. The Bertz CT molecular complexity index is 902. The van der Waals surface area contributed by atoms with Crippen LogP contribution in [0.15, 0.2) is 58.3 Å². The van der Waals surface area contributed by atoms with Crippen molar-refractivity contribution in [2.45, 2.75) is 13.0 Å². The third-order valence-corrected chi connectivity index (χ3v) is 4.99. The standard InChI is InChI=1S/C20H18ClNO4S/c1-22(19(23)13-25-20(24)11-17-3-2-10-27-17)12-16-8-9-18(26-16)14-4-6-15(21)7-5-14/h2-10H,11-13H2,1H3. The maximum atomic E-state index is 12.2. The highest BCUT2D eigenvalue weighted by molar-refractivity contribution is 7.10. The monoisotopic (exact) mass is 403 g/mol. The number of likely N-dealkylation sites (N-methyl/N-ethyl adjacent to an activating group) is 1. The lowest BCUT2D eigenvalue weighted by Crippen LogP contribution is -2.30. The van der Waals surface area contributed by atoms with Crippen LogP contribution in [0.5, 0.6) is 0 Å². The quantitative estimate of drug-likeness (QED) is 0.548. The van der Waals surface area contributed by atoms with Gasteiger partial charge in [-0.05, 0) is 47.8 Å². The van der Waals surface area contributed by atoms with Crippen molar-refractivity contribution in [3.05, 3.63) is 69.6 Å². The van der Waals surface area contributed by atoms with E-state index in [0.717, 1.165) is 10.4 Å². The van der Waals surface area contributed by atoms with Crippen LogP contribution in [0.25, 0.3) is 11.3 Å². The molecular weight excluding hydrogens is 386 g/mol. The molecule has 27 heavy (non-hydrogen) atoms. The van der Waals surface area contributed by atoms with E-state index in [1.807, 2.05) is 41.8 Å². The van der Waals surface area contributed by atoms with Gasteiger partial charge in [0.15, 0.2) is 6.61 Å². The summed E-state index contributed by atoms with van der Waals surface area (Å²) >= 11 is 7.37. The molecule has 5 nitrogen and oxygen atoms in total. The van der Waals surface area contributed by atoms with Crippen LogP contribution in [0.4, 0.5) is 0 Å². The van der Waals surface area contributed by atoms with Crippen LogP contribution >= 0.6 is 22.9 Å². The van der Waals surface area contributed by atoms with Gasteiger partial charge in [0.1, 0.15) is 11.5 Å². The Hall–Kier alpha value is -2.57. The van der Waals surface area contributed by atoms with Crippen molar-refractivity contribution in [3.63, 3.8) is 0 Å². The second-order valence-electron chi connectivity index (χ2n) is 5.94. The van der Waals surface area contributed by atoms with Gasteiger partial charge in [-0.3, -0.25) is 9.59 Å². The van der Waals surface area contributed by atoms with E-state index in [-0.39, 0.29) is 25.5 Å². The number of ether oxygens (including phenoxy) is 1. The minimum absolute atomic E-state index is 0.178. The predicted octanol–water partition coefficient (Wildman–Crippen LogP) is 4.41. The molecule has 2 aromatic heterocycles. The largest absolute Gasteiger partial charge is 0.459 e. The van der Waals surface area contributed by atoms with Crippen molar-refractivity contribution in [2.75, 3.05) is 13.7 Å². The van der Waals surface area contributed by atoms with Crippen molar-refractivity contribution in [3.8, 4) is 11.3 Å². The Morgan fingerprint density at radius 2 is 1.93 bits per heavy atom. The van der Waals surface area contributed by atoms with Crippen LogP contribution in [0.1, 0.15) is 10.6 Å². The molecule has 0 aliphatic heterocycles. The number of hydrogen-bond acceptors (Lipinski definition) is 5. The molecule has 0 atom stereocenters. The third kappa shape index (κ3) is 5.45. The number of carbonyl (C=O) groups excluding carboxylic acids is 2. The zero-order valence-electron chi connectivity index (χ0n) is 14.7. The topological polar surface area (TPSA) is 59.8 Å². The number of thiophene rings is 1. The highest BCUT2D eigenvalue weighted by Gasteiger charge is 2.15. The molecule has 2 heterocycles. The minimum atomic E-state index is -0.415. The molecule has 0 radical (unpaired) electrons. The van der Waals surface area contributed by atoms with Gasteiger partial charge in [0.2, 0.25) is 0 Å². The van der Waals surface area contributed by atoms with Crippen molar-refractivity contribution in [1.29, 1.82) is 0 Å². The summed E-state index contributed by atoms with van der Waals surface area (Å²) in [5.41, 5.74) is 0.905. The van der Waals surface area contributed by atoms with Gasteiger partial charge in [0, 0.05) is 22.5 Å². The summed E-state index contributed by atoms with van der Waals surface area (Å²) in [7, 11) is 1.64. The van der Waals surface area contributed by atoms with Gasteiger partial charge in [0.25, 0.3) is 5.91 Å². The Morgan fingerprint density at radius 1 is 1.15 bits per heavy atom. The molecule has 0 aliphatic rings. The van der Waals surface area contributed by atoms with Gasteiger partial charge in [0.05, 0.1) is 13.0 Å². The fraction of sp³-hybridized carbons (Fsp3) is 0.200. The van der Waals surface area contributed by atoms with E-state index in [1.165, 1.54) is 16.2 Å². The second-order valence-corrected chi connectivity index (χ2v) is 7.41. The maximum absolute atomic E-state index is 12.2. The summed E-state index contributed by atoms with van der Waals surface area (Å²) in [6.45, 7) is 0.000354. The van der Waals surface area contributed by atoms with Crippen molar-refractivity contribution >= 4 is 34.8 Å². The summed E-state index contributed by atoms with van der Waals surface area (Å²) < 4.78 is 10.8. The average Bonchev–Trinajstić information content (AvgIpc) is 3.32. The molecule has 0 saturated carbocycles. The lowest BCUT2D eigenvalue weighted by atomic mass is 10.2. The SMILES string of the molecule is CN(Cc1ccc(-c2ccc(Cl)cc2)o1)C(=O)COC(=O)Cc1cccs1. The smallest absolute Gasteiger partial charge is 0.311 e. The van der Waals surface area contributed by atoms with E-state index < -0.39 is 5.97 Å². The molecule has 0 unspecified atom stereocenters. The van der Waals surface area contributed by atoms with Crippen LogP contribution in [0, 0.1) is 0 Å². The number of carbonyl (C=O) groups is 2. The van der Waals surface area contributed by atoms with Crippen LogP contribution in [-0.2, 0) is 27.3 Å². The average molecular weight is 404 g/mol. The molecule has 0 fully saturated rings. The van der Waals surface area contributed by atoms with E-state index in [2.05, 4.69) is 0 Å². The van der Waals surface area contributed by atoms with E-state index >= 15 is 0 Å². The molecule has 3 rings (SSSR count). The highest BCUT2D eigenvalue weighted by Crippen LogP contribution is 2.24. The summed E-state index contributed by atoms with van der Waals surface area (Å²) in [4.78, 5) is 26.3. The molecule has 140 valence electrons. The number of nitrogens with zero attached hydrogens (tertiary/aromatic N) is 1. The Balaban J connectivity index is 1.49. The van der Waals surface area contributed by atoms with Gasteiger partial charge in [-0.15, -0.1) is 11.3 Å². The van der Waals surface area contributed by atoms with Gasteiger partial charge in [-0.25, -0.2) is 0 Å².